The van der Waals surface area contributed by atoms with Gasteiger partial charge in [-0.15, -0.1) is 11.3 Å². The van der Waals surface area contributed by atoms with Crippen LogP contribution < -0.4 is 5.32 Å². The summed E-state index contributed by atoms with van der Waals surface area (Å²) in [5, 5.41) is 2.52. The van der Waals surface area contributed by atoms with Crippen LogP contribution in [-0.4, -0.2) is 42.5 Å². The molecule has 0 spiro atoms. The average molecular weight is 296 g/mol. The van der Waals surface area contributed by atoms with Crippen molar-refractivity contribution in [3.63, 3.8) is 0 Å². The molecule has 6 nitrogen and oxygen atoms in total. The second-order valence-corrected chi connectivity index (χ2v) is 5.56. The zero-order chi connectivity index (χ0) is 14.7. The lowest BCUT2D eigenvalue weighted by atomic mass is 10.2. The number of hydrogen-bond donors (Lipinski definition) is 1. The van der Waals surface area contributed by atoms with E-state index in [1.807, 2.05) is 13.8 Å². The number of esters is 1. The Bertz CT molecular complexity index is 553. The number of aryl methyl sites for hydroxylation is 2. The normalized spacial score (nSPS) is 14.3. The van der Waals surface area contributed by atoms with Crippen LogP contribution in [0.25, 0.3) is 0 Å². The minimum absolute atomic E-state index is 0.313. The molecule has 1 saturated heterocycles. The SMILES string of the molecule is CCc1sc(C(=O)OCC(=O)N2CCNC2=O)cc1C. The number of rotatable bonds is 4. The van der Waals surface area contributed by atoms with E-state index in [1.54, 1.807) is 6.07 Å². The number of nitrogens with one attached hydrogen (secondary N) is 1. The van der Waals surface area contributed by atoms with Gasteiger partial charge in [-0.1, -0.05) is 6.92 Å². The molecule has 0 unspecified atom stereocenters. The number of nitrogens with zero attached hydrogens (tertiary/aromatic N) is 1. The van der Waals surface area contributed by atoms with Crippen molar-refractivity contribution in [1.29, 1.82) is 0 Å². The van der Waals surface area contributed by atoms with Crippen LogP contribution in [0.3, 0.4) is 0 Å². The van der Waals surface area contributed by atoms with E-state index in [9.17, 15) is 14.4 Å². The van der Waals surface area contributed by atoms with Gasteiger partial charge in [0.25, 0.3) is 5.91 Å². The molecule has 1 aliphatic rings. The van der Waals surface area contributed by atoms with Crippen LogP contribution in [0.5, 0.6) is 0 Å². The first-order chi connectivity index (χ1) is 9.52. The number of imide groups is 1. The molecule has 2 heterocycles. The van der Waals surface area contributed by atoms with E-state index >= 15 is 0 Å². The summed E-state index contributed by atoms with van der Waals surface area (Å²) in [4.78, 5) is 37.5. The second-order valence-electron chi connectivity index (χ2n) is 4.42. The fourth-order valence-electron chi connectivity index (χ4n) is 1.96. The van der Waals surface area contributed by atoms with Crippen LogP contribution in [0, 0.1) is 6.92 Å². The molecular weight excluding hydrogens is 280 g/mol. The Morgan fingerprint density at radius 1 is 1.50 bits per heavy atom. The van der Waals surface area contributed by atoms with E-state index in [4.69, 9.17) is 4.74 Å². The maximum absolute atomic E-state index is 11.8. The molecule has 1 aromatic rings. The average Bonchev–Trinajstić information content (AvgIpc) is 3.01. The maximum atomic E-state index is 11.8. The Morgan fingerprint density at radius 3 is 2.80 bits per heavy atom. The highest BCUT2D eigenvalue weighted by Crippen LogP contribution is 2.23. The molecule has 108 valence electrons. The topological polar surface area (TPSA) is 75.7 Å². The van der Waals surface area contributed by atoms with Crippen LogP contribution in [-0.2, 0) is 16.0 Å². The Morgan fingerprint density at radius 2 is 2.25 bits per heavy atom. The summed E-state index contributed by atoms with van der Waals surface area (Å²) in [6.07, 6.45) is 0.858. The number of amides is 3. The Hall–Kier alpha value is -1.89. The lowest BCUT2D eigenvalue weighted by Crippen LogP contribution is -2.37. The fraction of sp³-hybridized carbons (Fsp3) is 0.462. The van der Waals surface area contributed by atoms with Gasteiger partial charge in [-0.25, -0.2) is 9.59 Å². The summed E-state index contributed by atoms with van der Waals surface area (Å²) in [6, 6.07) is 1.32. The van der Waals surface area contributed by atoms with E-state index in [0.29, 0.717) is 18.0 Å². The molecule has 3 amide bonds. The van der Waals surface area contributed by atoms with Gasteiger partial charge in [0.05, 0.1) is 0 Å². The van der Waals surface area contributed by atoms with Crippen LogP contribution in [0.15, 0.2) is 6.07 Å². The van der Waals surface area contributed by atoms with Crippen LogP contribution in [0.1, 0.15) is 27.0 Å². The van der Waals surface area contributed by atoms with E-state index in [2.05, 4.69) is 5.32 Å². The molecule has 1 aromatic heterocycles. The highest BCUT2D eigenvalue weighted by molar-refractivity contribution is 7.14. The quantitative estimate of drug-likeness (QED) is 0.850. The van der Waals surface area contributed by atoms with Gasteiger partial charge >= 0.3 is 12.0 Å². The Balaban J connectivity index is 1.91. The molecule has 0 saturated carbocycles. The van der Waals surface area contributed by atoms with E-state index in [0.717, 1.165) is 21.8 Å². The largest absolute Gasteiger partial charge is 0.451 e. The van der Waals surface area contributed by atoms with Crippen molar-refractivity contribution in [3.05, 3.63) is 21.4 Å². The van der Waals surface area contributed by atoms with Gasteiger partial charge in [-0.05, 0) is 25.0 Å². The fourth-order valence-corrected chi connectivity index (χ4v) is 2.96. The zero-order valence-electron chi connectivity index (χ0n) is 11.4. The number of urea groups is 1. The van der Waals surface area contributed by atoms with Crippen LogP contribution in [0.2, 0.25) is 0 Å². The molecule has 0 bridgehead atoms. The van der Waals surface area contributed by atoms with Crippen molar-refractivity contribution in [3.8, 4) is 0 Å². The third-order valence-corrected chi connectivity index (χ3v) is 4.39. The van der Waals surface area contributed by atoms with E-state index in [1.165, 1.54) is 11.3 Å². The van der Waals surface area contributed by atoms with Crippen LogP contribution >= 0.6 is 11.3 Å². The molecule has 1 fully saturated rings. The highest BCUT2D eigenvalue weighted by Gasteiger charge is 2.27. The first-order valence-electron chi connectivity index (χ1n) is 6.37. The predicted octanol–water partition coefficient (Wildman–Crippen LogP) is 1.33. The third-order valence-electron chi connectivity index (χ3n) is 3.03. The Labute approximate surface area is 120 Å². The molecule has 0 radical (unpaired) electrons. The van der Waals surface area contributed by atoms with Crippen LogP contribution in [0.4, 0.5) is 4.79 Å². The number of carbonyl (C=O) groups excluding carboxylic acids is 3. The monoisotopic (exact) mass is 296 g/mol. The van der Waals surface area contributed by atoms with Crippen molar-refractivity contribution in [2.24, 2.45) is 0 Å². The van der Waals surface area contributed by atoms with Gasteiger partial charge < -0.3 is 10.1 Å². The maximum Gasteiger partial charge on any atom is 0.348 e. The van der Waals surface area contributed by atoms with Gasteiger partial charge in [-0.3, -0.25) is 9.69 Å². The molecule has 20 heavy (non-hydrogen) atoms. The molecule has 2 rings (SSSR count). The Kier molecular flexibility index (Phi) is 4.39. The van der Waals surface area contributed by atoms with Gasteiger partial charge in [0.1, 0.15) is 4.88 Å². The summed E-state index contributed by atoms with van der Waals surface area (Å²) in [5.74, 6) is -1.02. The van der Waals surface area contributed by atoms with Gasteiger partial charge in [0, 0.05) is 18.0 Å². The summed E-state index contributed by atoms with van der Waals surface area (Å²) in [6.45, 7) is 4.29. The minimum Gasteiger partial charge on any atom is -0.451 e. The van der Waals surface area contributed by atoms with E-state index < -0.39 is 24.5 Å². The summed E-state index contributed by atoms with van der Waals surface area (Å²) in [7, 11) is 0. The second kappa shape index (κ2) is 6.04. The third kappa shape index (κ3) is 2.98. The molecule has 1 aliphatic heterocycles. The molecule has 1 N–H and O–H groups in total. The predicted molar refractivity (Wildman–Crippen MR) is 73.8 cm³/mol. The summed E-state index contributed by atoms with van der Waals surface area (Å²) in [5.41, 5.74) is 1.05. The van der Waals surface area contributed by atoms with E-state index in [-0.39, 0.29) is 0 Å². The van der Waals surface area contributed by atoms with Crippen molar-refractivity contribution < 1.29 is 19.1 Å². The number of ether oxygens (including phenoxy) is 1. The summed E-state index contributed by atoms with van der Waals surface area (Å²) >= 11 is 1.37. The van der Waals surface area contributed by atoms with Crippen molar-refractivity contribution in [1.82, 2.24) is 10.2 Å². The standard InChI is InChI=1S/C13H16N2O4S/c1-3-9-8(2)6-10(20-9)12(17)19-7-11(16)15-5-4-14-13(15)18/h6H,3-5,7H2,1-2H3,(H,14,18). The zero-order valence-corrected chi connectivity index (χ0v) is 12.2. The molecule has 7 heteroatoms. The first-order valence-corrected chi connectivity index (χ1v) is 7.19. The van der Waals surface area contributed by atoms with Gasteiger partial charge in [0.2, 0.25) is 0 Å². The number of thiophene rings is 1. The number of carbonyl (C=O) groups is 3. The van der Waals surface area contributed by atoms with Gasteiger partial charge in [-0.2, -0.15) is 0 Å². The highest BCUT2D eigenvalue weighted by atomic mass is 32.1. The van der Waals surface area contributed by atoms with Crippen molar-refractivity contribution in [2.75, 3.05) is 19.7 Å². The molecule has 0 atom stereocenters. The van der Waals surface area contributed by atoms with Gasteiger partial charge in [0.15, 0.2) is 6.61 Å². The first kappa shape index (κ1) is 14.5. The molecule has 0 aromatic carbocycles. The number of hydrogen-bond acceptors (Lipinski definition) is 5. The van der Waals surface area contributed by atoms with Crippen molar-refractivity contribution >= 4 is 29.2 Å². The lowest BCUT2D eigenvalue weighted by Gasteiger charge is -2.11. The smallest absolute Gasteiger partial charge is 0.348 e. The summed E-state index contributed by atoms with van der Waals surface area (Å²) < 4.78 is 4.96. The lowest BCUT2D eigenvalue weighted by molar-refractivity contribution is -0.130. The molecule has 0 aliphatic carbocycles. The molecular formula is C13H16N2O4S. The van der Waals surface area contributed by atoms with Crippen molar-refractivity contribution in [2.45, 2.75) is 20.3 Å². The minimum atomic E-state index is -0.522.